The lowest BCUT2D eigenvalue weighted by Gasteiger charge is -2.25. The van der Waals surface area contributed by atoms with E-state index in [0.29, 0.717) is 17.8 Å². The van der Waals surface area contributed by atoms with Gasteiger partial charge in [0.2, 0.25) is 17.7 Å². The molecule has 0 aliphatic carbocycles. The van der Waals surface area contributed by atoms with Gasteiger partial charge in [0.1, 0.15) is 23.2 Å². The van der Waals surface area contributed by atoms with Crippen LogP contribution in [0.5, 0.6) is 0 Å². The molecule has 3 N–H and O–H groups in total. The number of carbonyl (C=O) groups is 4. The van der Waals surface area contributed by atoms with E-state index in [1.165, 1.54) is 22.1 Å². The van der Waals surface area contributed by atoms with Crippen LogP contribution in [0.3, 0.4) is 0 Å². The number of ether oxygens (including phenoxy) is 1. The number of hydrogen-bond acceptors (Lipinski definition) is 8. The quantitative estimate of drug-likeness (QED) is 0.332. The SMILES string of the molecule is CC[C@@H]1NC(=O)CC(/C=C\CC=S)OC(=O)c2csc(n2)CNC(=O)[C@H](C(C)C)NC1=O. The fourth-order valence-corrected chi connectivity index (χ4v) is 3.78. The van der Waals surface area contributed by atoms with Crippen LogP contribution in [-0.4, -0.2) is 52.2 Å². The van der Waals surface area contributed by atoms with E-state index in [1.807, 2.05) is 13.8 Å². The van der Waals surface area contributed by atoms with Crippen molar-refractivity contribution in [2.45, 2.75) is 64.8 Å². The molecular formula is C21H28N4O5S2. The Morgan fingerprint density at radius 3 is 2.66 bits per heavy atom. The molecule has 11 heteroatoms. The largest absolute Gasteiger partial charge is 0.453 e. The number of nitrogens with one attached hydrogen (secondary N) is 3. The Morgan fingerprint density at radius 2 is 2.00 bits per heavy atom. The average Bonchev–Trinajstić information content (AvgIpc) is 3.22. The van der Waals surface area contributed by atoms with E-state index < -0.39 is 36.0 Å². The molecule has 0 saturated carbocycles. The summed E-state index contributed by atoms with van der Waals surface area (Å²) in [5.74, 6) is -2.15. The number of aromatic nitrogens is 1. The molecule has 0 aromatic carbocycles. The topological polar surface area (TPSA) is 126 Å². The first kappa shape index (κ1) is 25.6. The van der Waals surface area contributed by atoms with E-state index in [4.69, 9.17) is 17.0 Å². The van der Waals surface area contributed by atoms with Crippen LogP contribution < -0.4 is 16.0 Å². The maximum atomic E-state index is 12.8. The van der Waals surface area contributed by atoms with E-state index in [0.717, 1.165) is 0 Å². The molecule has 0 saturated heterocycles. The van der Waals surface area contributed by atoms with Gasteiger partial charge in [-0.05, 0) is 30.2 Å². The number of amides is 3. The molecule has 9 nitrogen and oxygen atoms in total. The molecule has 3 amide bonds. The smallest absolute Gasteiger partial charge is 0.358 e. The lowest BCUT2D eigenvalue weighted by molar-refractivity contribution is -0.133. The molecule has 1 aromatic heterocycles. The van der Waals surface area contributed by atoms with Crippen molar-refractivity contribution < 1.29 is 23.9 Å². The normalized spacial score (nSPS) is 23.4. The number of cyclic esters (lactones) is 1. The van der Waals surface area contributed by atoms with E-state index in [-0.39, 0.29) is 30.5 Å². The molecule has 2 bridgehead atoms. The van der Waals surface area contributed by atoms with Gasteiger partial charge in [-0.1, -0.05) is 39.1 Å². The predicted octanol–water partition coefficient (Wildman–Crippen LogP) is 1.67. The van der Waals surface area contributed by atoms with Crippen LogP contribution in [0, 0.1) is 5.92 Å². The molecule has 0 spiro atoms. The Kier molecular flexibility index (Phi) is 9.92. The van der Waals surface area contributed by atoms with Gasteiger partial charge in [-0.2, -0.15) is 0 Å². The number of hydrogen-bond donors (Lipinski definition) is 3. The fraction of sp³-hybridized carbons (Fsp3) is 0.524. The zero-order chi connectivity index (χ0) is 23.7. The fourth-order valence-electron chi connectivity index (χ4n) is 2.97. The minimum absolute atomic E-state index is 0.0973. The first-order valence-electron chi connectivity index (χ1n) is 10.4. The van der Waals surface area contributed by atoms with Crippen LogP contribution in [0.25, 0.3) is 0 Å². The van der Waals surface area contributed by atoms with Crippen LogP contribution in [0.2, 0.25) is 0 Å². The Balaban J connectivity index is 2.33. The van der Waals surface area contributed by atoms with Crippen molar-refractivity contribution in [3.05, 3.63) is 28.2 Å². The van der Waals surface area contributed by atoms with Gasteiger partial charge >= 0.3 is 5.97 Å². The molecule has 32 heavy (non-hydrogen) atoms. The molecule has 0 radical (unpaired) electrons. The average molecular weight is 481 g/mol. The summed E-state index contributed by atoms with van der Waals surface area (Å²) >= 11 is 6.00. The lowest BCUT2D eigenvalue weighted by atomic mass is 10.0. The molecule has 0 fully saturated rings. The predicted molar refractivity (Wildman–Crippen MR) is 124 cm³/mol. The summed E-state index contributed by atoms with van der Waals surface area (Å²) in [7, 11) is 0. The van der Waals surface area contributed by atoms with Crippen LogP contribution in [0.4, 0.5) is 0 Å². The van der Waals surface area contributed by atoms with E-state index in [2.05, 4.69) is 20.9 Å². The van der Waals surface area contributed by atoms with Crippen molar-refractivity contribution >= 4 is 52.6 Å². The van der Waals surface area contributed by atoms with Crippen LogP contribution >= 0.6 is 23.6 Å². The zero-order valence-electron chi connectivity index (χ0n) is 18.3. The van der Waals surface area contributed by atoms with Gasteiger partial charge < -0.3 is 20.7 Å². The molecule has 1 unspecified atom stereocenters. The van der Waals surface area contributed by atoms with Crippen LogP contribution in [-0.2, 0) is 25.7 Å². The summed E-state index contributed by atoms with van der Waals surface area (Å²) in [6.45, 7) is 5.50. The number of esters is 1. The van der Waals surface area contributed by atoms with Gasteiger partial charge in [-0.25, -0.2) is 9.78 Å². The van der Waals surface area contributed by atoms with E-state index in [1.54, 1.807) is 19.1 Å². The first-order valence-corrected chi connectivity index (χ1v) is 11.7. The molecular weight excluding hydrogens is 452 g/mol. The van der Waals surface area contributed by atoms with Crippen molar-refractivity contribution in [3.63, 3.8) is 0 Å². The molecule has 1 aromatic rings. The zero-order valence-corrected chi connectivity index (χ0v) is 19.9. The van der Waals surface area contributed by atoms with Gasteiger partial charge in [-0.3, -0.25) is 14.4 Å². The van der Waals surface area contributed by atoms with Gasteiger partial charge in [-0.15, -0.1) is 11.3 Å². The van der Waals surface area contributed by atoms with Gasteiger partial charge in [0.25, 0.3) is 0 Å². The highest BCUT2D eigenvalue weighted by molar-refractivity contribution is 7.79. The molecule has 3 atom stereocenters. The summed E-state index contributed by atoms with van der Waals surface area (Å²) in [4.78, 5) is 54.8. The summed E-state index contributed by atoms with van der Waals surface area (Å²) in [5.41, 5.74) is 0.0973. The number of allylic oxidation sites excluding steroid dienone is 1. The third-order valence-electron chi connectivity index (χ3n) is 4.71. The first-order chi connectivity index (χ1) is 15.2. The highest BCUT2D eigenvalue weighted by Crippen LogP contribution is 2.14. The van der Waals surface area contributed by atoms with Crippen LogP contribution in [0.1, 0.15) is 55.5 Å². The second-order valence-corrected chi connectivity index (χ2v) is 8.86. The van der Waals surface area contributed by atoms with Crippen molar-refractivity contribution in [1.82, 2.24) is 20.9 Å². The lowest BCUT2D eigenvalue weighted by Crippen LogP contribution is -2.55. The number of rotatable bonds is 5. The van der Waals surface area contributed by atoms with Crippen molar-refractivity contribution in [1.29, 1.82) is 0 Å². The van der Waals surface area contributed by atoms with Crippen molar-refractivity contribution in [2.24, 2.45) is 5.92 Å². The summed E-state index contributed by atoms with van der Waals surface area (Å²) in [6, 6.07) is -1.61. The van der Waals surface area contributed by atoms with Crippen molar-refractivity contribution in [3.8, 4) is 0 Å². The summed E-state index contributed by atoms with van der Waals surface area (Å²) < 4.78 is 5.45. The third-order valence-corrected chi connectivity index (χ3v) is 5.75. The Labute approximate surface area is 196 Å². The number of carbonyl (C=O) groups excluding carboxylic acids is 4. The molecule has 1 aliphatic rings. The number of thiazole rings is 1. The Bertz CT molecular complexity index is 883. The number of fused-ring (bicyclic) bond motifs is 2. The van der Waals surface area contributed by atoms with Gasteiger partial charge in [0, 0.05) is 5.38 Å². The highest BCUT2D eigenvalue weighted by atomic mass is 32.1. The van der Waals surface area contributed by atoms with Crippen LogP contribution in [0.15, 0.2) is 17.5 Å². The molecule has 1 aliphatic heterocycles. The minimum Gasteiger partial charge on any atom is -0.453 e. The third kappa shape index (κ3) is 7.49. The second kappa shape index (κ2) is 12.4. The molecule has 174 valence electrons. The summed E-state index contributed by atoms with van der Waals surface area (Å²) in [6.07, 6.45) is 3.08. The van der Waals surface area contributed by atoms with Gasteiger partial charge in [0.05, 0.1) is 13.0 Å². The van der Waals surface area contributed by atoms with Crippen molar-refractivity contribution in [2.75, 3.05) is 0 Å². The maximum absolute atomic E-state index is 12.8. The Hall–Kier alpha value is -2.66. The second-order valence-electron chi connectivity index (χ2n) is 7.58. The maximum Gasteiger partial charge on any atom is 0.358 e. The summed E-state index contributed by atoms with van der Waals surface area (Å²) in [5, 5.41) is 11.7. The van der Waals surface area contributed by atoms with Gasteiger partial charge in [0.15, 0.2) is 5.69 Å². The Morgan fingerprint density at radius 1 is 1.25 bits per heavy atom. The standard InChI is InChI=1S/C21H28N4O5S2/c1-4-14-19(27)25-18(12(2)3)20(28)22-10-17-24-15(11-32-17)21(29)30-13(7-5-6-8-31)9-16(26)23-14/h5,7-8,11-14,18H,4,6,9-10H2,1-3H3,(H,22,28)(H,23,26)(H,25,27)/b7-5-/t13?,14-,18-/m0/s1. The minimum atomic E-state index is -0.848. The number of thiocarbonyl (C=S) groups is 1. The monoisotopic (exact) mass is 480 g/mol. The highest BCUT2D eigenvalue weighted by Gasteiger charge is 2.29. The molecule has 2 rings (SSSR count). The van der Waals surface area contributed by atoms with E-state index >= 15 is 0 Å². The molecule has 2 heterocycles. The number of nitrogens with zero attached hydrogens (tertiary/aromatic N) is 1. The van der Waals surface area contributed by atoms with E-state index in [9.17, 15) is 19.2 Å².